The molecule has 1 fully saturated rings. The molecule has 29 heavy (non-hydrogen) atoms. The number of hydrogen-bond donors (Lipinski definition) is 1. The van der Waals surface area contributed by atoms with Gasteiger partial charge in [0.05, 0.1) is 5.71 Å². The lowest BCUT2D eigenvalue weighted by Gasteiger charge is -2.19. The van der Waals surface area contributed by atoms with Crippen molar-refractivity contribution in [2.45, 2.75) is 45.4 Å². The molecule has 0 saturated heterocycles. The summed E-state index contributed by atoms with van der Waals surface area (Å²) >= 11 is 0. The second-order valence-corrected chi connectivity index (χ2v) is 8.90. The van der Waals surface area contributed by atoms with E-state index in [0.29, 0.717) is 5.92 Å². The topological polar surface area (TPSA) is 54.4 Å². The Bertz CT molecular complexity index is 1070. The second kappa shape index (κ2) is 7.43. The van der Waals surface area contributed by atoms with Crippen molar-refractivity contribution in [2.75, 3.05) is 0 Å². The molecule has 0 radical (unpaired) electrons. The predicted molar refractivity (Wildman–Crippen MR) is 118 cm³/mol. The summed E-state index contributed by atoms with van der Waals surface area (Å²) in [6, 6.07) is 16.7. The van der Waals surface area contributed by atoms with Crippen molar-refractivity contribution in [3.63, 3.8) is 0 Å². The van der Waals surface area contributed by atoms with E-state index in [1.165, 1.54) is 11.1 Å². The van der Waals surface area contributed by atoms with Crippen molar-refractivity contribution in [1.29, 1.82) is 0 Å². The number of nitrogens with zero attached hydrogens (tertiary/aromatic N) is 2. The Kier molecular flexibility index (Phi) is 4.95. The van der Waals surface area contributed by atoms with Gasteiger partial charge in [-0.1, -0.05) is 63.2 Å². The van der Waals surface area contributed by atoms with Gasteiger partial charge in [-0.25, -0.2) is 5.43 Å². The predicted octanol–water partition coefficient (Wildman–Crippen LogP) is 5.18. The van der Waals surface area contributed by atoms with Crippen LogP contribution in [0.5, 0.6) is 0 Å². The molecule has 0 bridgehead atoms. The average molecular weight is 386 g/mol. The molecule has 4 heteroatoms. The molecule has 1 aliphatic carbocycles. The lowest BCUT2D eigenvalue weighted by atomic mass is 9.86. The van der Waals surface area contributed by atoms with Gasteiger partial charge >= 0.3 is 0 Å². The number of hydrazone groups is 1. The van der Waals surface area contributed by atoms with E-state index >= 15 is 0 Å². The number of amides is 1. The van der Waals surface area contributed by atoms with Gasteiger partial charge in [-0.3, -0.25) is 9.78 Å². The normalized spacial score (nSPS) is 19.2. The lowest BCUT2D eigenvalue weighted by molar-refractivity contribution is -0.122. The molecule has 2 unspecified atom stereocenters. The van der Waals surface area contributed by atoms with Crippen molar-refractivity contribution in [3.05, 3.63) is 77.6 Å². The zero-order chi connectivity index (χ0) is 20.6. The molecular formula is C25H27N3O. The molecule has 1 amide bonds. The highest BCUT2D eigenvalue weighted by Crippen LogP contribution is 2.47. The molecule has 1 saturated carbocycles. The van der Waals surface area contributed by atoms with Crippen LogP contribution in [0.1, 0.15) is 56.7 Å². The van der Waals surface area contributed by atoms with Crippen LogP contribution in [0.2, 0.25) is 0 Å². The molecule has 0 aliphatic heterocycles. The van der Waals surface area contributed by atoms with Gasteiger partial charge in [-0.15, -0.1) is 0 Å². The first kappa shape index (κ1) is 19.3. The highest BCUT2D eigenvalue weighted by atomic mass is 16.2. The molecule has 2 aromatic carbocycles. The maximum absolute atomic E-state index is 12.6. The maximum atomic E-state index is 12.6. The number of pyridine rings is 1. The first-order chi connectivity index (χ1) is 13.8. The quantitative estimate of drug-likeness (QED) is 0.497. The molecule has 3 aromatic rings. The van der Waals surface area contributed by atoms with Gasteiger partial charge in [0.15, 0.2) is 0 Å². The molecule has 148 valence electrons. The summed E-state index contributed by atoms with van der Waals surface area (Å²) in [4.78, 5) is 16.8. The maximum Gasteiger partial charge on any atom is 0.243 e. The first-order valence-corrected chi connectivity index (χ1v) is 10.1. The summed E-state index contributed by atoms with van der Waals surface area (Å²) in [6.45, 7) is 8.55. The summed E-state index contributed by atoms with van der Waals surface area (Å²) in [5.41, 5.74) is 7.27. The number of rotatable bonds is 4. The third kappa shape index (κ3) is 4.07. The number of nitrogens with one attached hydrogen (secondary N) is 1. The standard InChI is InChI=1S/C25H27N3O/c1-16(20-7-5-6-18-15-26-13-12-21(18)20)27-28-24(29)23-14-22(23)17-8-10-19(11-9-17)25(2,3)4/h5-13,15,22-23H,14H2,1-4H3,(H,28,29)/b27-16+. The summed E-state index contributed by atoms with van der Waals surface area (Å²) < 4.78 is 0. The first-order valence-electron chi connectivity index (χ1n) is 10.1. The van der Waals surface area contributed by atoms with Gasteiger partial charge < -0.3 is 0 Å². The number of benzene rings is 2. The minimum Gasteiger partial charge on any atom is -0.273 e. The molecule has 4 nitrogen and oxygen atoms in total. The fraction of sp³-hybridized carbons (Fsp3) is 0.320. The lowest BCUT2D eigenvalue weighted by Crippen LogP contribution is -2.21. The van der Waals surface area contributed by atoms with Crippen LogP contribution >= 0.6 is 0 Å². The number of carbonyl (C=O) groups is 1. The van der Waals surface area contributed by atoms with Gasteiger partial charge in [0.25, 0.3) is 0 Å². The number of fused-ring (bicyclic) bond motifs is 1. The van der Waals surface area contributed by atoms with Crippen molar-refractivity contribution in [2.24, 2.45) is 11.0 Å². The molecule has 1 N–H and O–H groups in total. The van der Waals surface area contributed by atoms with Crippen molar-refractivity contribution in [1.82, 2.24) is 10.4 Å². The van der Waals surface area contributed by atoms with Crippen LogP contribution in [-0.4, -0.2) is 16.6 Å². The van der Waals surface area contributed by atoms with Crippen LogP contribution < -0.4 is 5.43 Å². The van der Waals surface area contributed by atoms with E-state index < -0.39 is 0 Å². The van der Waals surface area contributed by atoms with E-state index in [0.717, 1.165) is 28.5 Å². The van der Waals surface area contributed by atoms with E-state index in [4.69, 9.17) is 0 Å². The van der Waals surface area contributed by atoms with E-state index in [2.05, 4.69) is 60.5 Å². The van der Waals surface area contributed by atoms with Crippen LogP contribution in [0.4, 0.5) is 0 Å². The smallest absolute Gasteiger partial charge is 0.243 e. The van der Waals surface area contributed by atoms with Gasteiger partial charge in [-0.2, -0.15) is 5.10 Å². The van der Waals surface area contributed by atoms with Crippen LogP contribution in [0.25, 0.3) is 10.8 Å². The average Bonchev–Trinajstić information content (AvgIpc) is 3.52. The van der Waals surface area contributed by atoms with Crippen LogP contribution in [0, 0.1) is 5.92 Å². The molecule has 1 heterocycles. The minimum absolute atomic E-state index is 0.00348. The summed E-state index contributed by atoms with van der Waals surface area (Å²) in [5.74, 6) is 0.294. The zero-order valence-corrected chi connectivity index (χ0v) is 17.4. The van der Waals surface area contributed by atoms with E-state index in [1.54, 1.807) is 6.20 Å². The summed E-state index contributed by atoms with van der Waals surface area (Å²) in [7, 11) is 0. The fourth-order valence-electron chi connectivity index (χ4n) is 3.80. The molecule has 0 spiro atoms. The molecule has 2 atom stereocenters. The SMILES string of the molecule is C/C(=N\NC(=O)C1CC1c1ccc(C(C)(C)C)cc1)c1cccc2cnccc12. The van der Waals surface area contributed by atoms with Gasteiger partial charge in [0.1, 0.15) is 0 Å². The second-order valence-electron chi connectivity index (χ2n) is 8.90. The largest absolute Gasteiger partial charge is 0.273 e. The monoisotopic (exact) mass is 385 g/mol. The van der Waals surface area contributed by atoms with Crippen molar-refractivity contribution >= 4 is 22.4 Å². The van der Waals surface area contributed by atoms with Crippen molar-refractivity contribution < 1.29 is 4.79 Å². The van der Waals surface area contributed by atoms with E-state index in [-0.39, 0.29) is 17.2 Å². The number of aromatic nitrogens is 1. The highest BCUT2D eigenvalue weighted by Gasteiger charge is 2.44. The zero-order valence-electron chi connectivity index (χ0n) is 17.4. The third-order valence-corrected chi connectivity index (χ3v) is 5.74. The number of hydrogen-bond acceptors (Lipinski definition) is 3. The Labute approximate surface area is 172 Å². The Balaban J connectivity index is 1.43. The summed E-state index contributed by atoms with van der Waals surface area (Å²) in [6.07, 6.45) is 4.50. The van der Waals surface area contributed by atoms with Gasteiger partial charge in [0, 0.05) is 29.3 Å². The Hall–Kier alpha value is -3.01. The Morgan fingerprint density at radius 3 is 2.59 bits per heavy atom. The van der Waals surface area contributed by atoms with Crippen LogP contribution in [-0.2, 0) is 10.2 Å². The Morgan fingerprint density at radius 1 is 1.10 bits per heavy atom. The van der Waals surface area contributed by atoms with Crippen molar-refractivity contribution in [3.8, 4) is 0 Å². The summed E-state index contributed by atoms with van der Waals surface area (Å²) in [5, 5.41) is 6.52. The fourth-order valence-corrected chi connectivity index (χ4v) is 3.80. The van der Waals surface area contributed by atoms with Crippen LogP contribution in [0.3, 0.4) is 0 Å². The molecule has 1 aliphatic rings. The van der Waals surface area contributed by atoms with Gasteiger partial charge in [0.2, 0.25) is 5.91 Å². The van der Waals surface area contributed by atoms with E-state index in [1.807, 2.05) is 37.4 Å². The molecule has 4 rings (SSSR count). The van der Waals surface area contributed by atoms with Gasteiger partial charge in [-0.05, 0) is 47.3 Å². The molecule has 1 aromatic heterocycles. The Morgan fingerprint density at radius 2 is 1.86 bits per heavy atom. The number of carbonyl (C=O) groups excluding carboxylic acids is 1. The molecular weight excluding hydrogens is 358 g/mol. The van der Waals surface area contributed by atoms with Crippen LogP contribution in [0.15, 0.2) is 66.0 Å². The minimum atomic E-state index is -0.00356. The highest BCUT2D eigenvalue weighted by molar-refractivity contribution is 6.09. The van der Waals surface area contributed by atoms with E-state index in [9.17, 15) is 4.79 Å². The third-order valence-electron chi connectivity index (χ3n) is 5.74.